The average molecular weight is 310 g/mol. The number of rotatable bonds is 5. The van der Waals surface area contributed by atoms with E-state index in [1.807, 2.05) is 6.92 Å². The molecule has 0 atom stereocenters. The molecule has 6 nitrogen and oxygen atoms in total. The van der Waals surface area contributed by atoms with Gasteiger partial charge in [-0.05, 0) is 24.6 Å². The summed E-state index contributed by atoms with van der Waals surface area (Å²) in [4.78, 5) is 10.8. The summed E-state index contributed by atoms with van der Waals surface area (Å²) in [5.41, 5.74) is 1.20. The van der Waals surface area contributed by atoms with E-state index in [1.54, 1.807) is 12.1 Å². The topological polar surface area (TPSA) is 95.5 Å². The molecule has 0 heterocycles. The number of sulfonamides is 1. The minimum atomic E-state index is -3.72. The van der Waals surface area contributed by atoms with Gasteiger partial charge in [0.2, 0.25) is 15.9 Å². The highest BCUT2D eigenvalue weighted by atomic mass is 32.2. The first-order valence-electron chi connectivity index (χ1n) is 6.31. The van der Waals surface area contributed by atoms with Crippen LogP contribution in [0.4, 0.5) is 0 Å². The molecule has 1 rings (SSSR count). The number of nitrogens with one attached hydrogen (secondary N) is 2. The second kappa shape index (κ2) is 7.78. The summed E-state index contributed by atoms with van der Waals surface area (Å²) in [7, 11) is -3.72. The lowest BCUT2D eigenvalue weighted by molar-refractivity contribution is -0.118. The van der Waals surface area contributed by atoms with Crippen LogP contribution in [0.3, 0.4) is 0 Å². The maximum absolute atomic E-state index is 12.2. The van der Waals surface area contributed by atoms with Gasteiger partial charge in [0, 0.05) is 25.6 Å². The second-order valence-corrected chi connectivity index (χ2v) is 6.08. The standard InChI is InChI=1S/C14H18N2O4S/c1-11-5-6-14(13(10-11)4-3-9-17)21(19,20)16-8-7-15-12(2)18/h5-6,10,16-17H,7-9H2,1-2H3,(H,15,18). The van der Waals surface area contributed by atoms with Gasteiger partial charge in [0.1, 0.15) is 6.61 Å². The summed E-state index contributed by atoms with van der Waals surface area (Å²) >= 11 is 0. The number of aliphatic hydroxyl groups excluding tert-OH is 1. The van der Waals surface area contributed by atoms with Crippen molar-refractivity contribution in [3.05, 3.63) is 29.3 Å². The fraction of sp³-hybridized carbons (Fsp3) is 0.357. The Morgan fingerprint density at radius 2 is 2.05 bits per heavy atom. The van der Waals surface area contributed by atoms with Gasteiger partial charge in [0.05, 0.1) is 4.90 Å². The average Bonchev–Trinajstić information content (AvgIpc) is 2.41. The molecule has 0 bridgehead atoms. The van der Waals surface area contributed by atoms with Crippen molar-refractivity contribution >= 4 is 15.9 Å². The van der Waals surface area contributed by atoms with Crippen molar-refractivity contribution in [2.45, 2.75) is 18.7 Å². The highest BCUT2D eigenvalue weighted by Crippen LogP contribution is 2.16. The second-order valence-electron chi connectivity index (χ2n) is 4.34. The third kappa shape index (κ3) is 5.55. The molecule has 114 valence electrons. The molecular formula is C14H18N2O4S. The fourth-order valence-corrected chi connectivity index (χ4v) is 2.79. The van der Waals surface area contributed by atoms with Gasteiger partial charge in [-0.2, -0.15) is 0 Å². The predicted molar refractivity (Wildman–Crippen MR) is 79.0 cm³/mol. The maximum atomic E-state index is 12.2. The molecule has 0 saturated heterocycles. The van der Waals surface area contributed by atoms with E-state index in [9.17, 15) is 13.2 Å². The van der Waals surface area contributed by atoms with Crippen LogP contribution >= 0.6 is 0 Å². The first-order valence-corrected chi connectivity index (χ1v) is 7.79. The quantitative estimate of drug-likeness (QED) is 0.516. The molecular weight excluding hydrogens is 292 g/mol. The largest absolute Gasteiger partial charge is 0.384 e. The lowest BCUT2D eigenvalue weighted by Crippen LogP contribution is -2.34. The lowest BCUT2D eigenvalue weighted by Gasteiger charge is -2.09. The van der Waals surface area contributed by atoms with Crippen LogP contribution in [-0.4, -0.2) is 39.1 Å². The molecule has 0 radical (unpaired) electrons. The Balaban J connectivity index is 2.94. The SMILES string of the molecule is CC(=O)NCCNS(=O)(=O)c1ccc(C)cc1C#CCO. The minimum absolute atomic E-state index is 0.0527. The van der Waals surface area contributed by atoms with E-state index in [0.29, 0.717) is 5.56 Å². The van der Waals surface area contributed by atoms with Gasteiger partial charge in [0.25, 0.3) is 0 Å². The molecule has 1 aromatic carbocycles. The van der Waals surface area contributed by atoms with Crippen LogP contribution in [0, 0.1) is 18.8 Å². The van der Waals surface area contributed by atoms with Crippen molar-refractivity contribution in [2.75, 3.05) is 19.7 Å². The van der Waals surface area contributed by atoms with Crippen molar-refractivity contribution in [1.82, 2.24) is 10.0 Å². The van der Waals surface area contributed by atoms with Crippen molar-refractivity contribution in [3.8, 4) is 11.8 Å². The van der Waals surface area contributed by atoms with Gasteiger partial charge >= 0.3 is 0 Å². The van der Waals surface area contributed by atoms with Crippen LogP contribution < -0.4 is 10.0 Å². The molecule has 0 aliphatic rings. The highest BCUT2D eigenvalue weighted by molar-refractivity contribution is 7.89. The third-order valence-corrected chi connectivity index (χ3v) is 4.04. The number of aryl methyl sites for hydroxylation is 1. The summed E-state index contributed by atoms with van der Waals surface area (Å²) in [6.45, 7) is 3.13. The van der Waals surface area contributed by atoms with E-state index in [4.69, 9.17) is 5.11 Å². The van der Waals surface area contributed by atoms with Gasteiger partial charge in [0.15, 0.2) is 0 Å². The molecule has 0 aliphatic carbocycles. The van der Waals surface area contributed by atoms with Crippen molar-refractivity contribution in [3.63, 3.8) is 0 Å². The van der Waals surface area contributed by atoms with Gasteiger partial charge in [-0.3, -0.25) is 4.79 Å². The fourth-order valence-electron chi connectivity index (χ4n) is 1.61. The Bertz CT molecular complexity index is 672. The normalized spacial score (nSPS) is 10.6. The van der Waals surface area contributed by atoms with Gasteiger partial charge < -0.3 is 10.4 Å². The zero-order chi connectivity index (χ0) is 15.9. The Morgan fingerprint density at radius 3 is 2.67 bits per heavy atom. The van der Waals surface area contributed by atoms with E-state index < -0.39 is 10.0 Å². The molecule has 7 heteroatoms. The van der Waals surface area contributed by atoms with E-state index in [0.717, 1.165) is 5.56 Å². The van der Waals surface area contributed by atoms with Crippen LogP contribution in [0.5, 0.6) is 0 Å². The first-order chi connectivity index (χ1) is 9.86. The Hall–Kier alpha value is -1.88. The zero-order valence-corrected chi connectivity index (χ0v) is 12.8. The maximum Gasteiger partial charge on any atom is 0.241 e. The van der Waals surface area contributed by atoms with E-state index >= 15 is 0 Å². The summed E-state index contributed by atoms with van der Waals surface area (Å²) in [6.07, 6.45) is 0. The predicted octanol–water partition coefficient (Wildman–Crippen LogP) is -0.247. The van der Waals surface area contributed by atoms with Gasteiger partial charge in [-0.25, -0.2) is 13.1 Å². The molecule has 21 heavy (non-hydrogen) atoms. The number of amides is 1. The first kappa shape index (κ1) is 17.2. The monoisotopic (exact) mass is 310 g/mol. The number of aliphatic hydroxyl groups is 1. The Morgan fingerprint density at radius 1 is 1.33 bits per heavy atom. The van der Waals surface area contributed by atoms with E-state index in [1.165, 1.54) is 13.0 Å². The number of carbonyl (C=O) groups excluding carboxylic acids is 1. The lowest BCUT2D eigenvalue weighted by atomic mass is 10.1. The third-order valence-electron chi connectivity index (χ3n) is 2.52. The van der Waals surface area contributed by atoms with Crippen molar-refractivity contribution in [2.24, 2.45) is 0 Å². The molecule has 0 saturated carbocycles. The Kier molecular flexibility index (Phi) is 6.37. The summed E-state index contributed by atoms with van der Waals surface area (Å²) < 4.78 is 26.8. The molecule has 1 amide bonds. The van der Waals surface area contributed by atoms with Crippen LogP contribution in [0.2, 0.25) is 0 Å². The number of hydrogen-bond donors (Lipinski definition) is 3. The van der Waals surface area contributed by atoms with Gasteiger partial charge in [-0.1, -0.05) is 17.9 Å². The Labute approximate surface area is 124 Å². The highest BCUT2D eigenvalue weighted by Gasteiger charge is 2.17. The smallest absolute Gasteiger partial charge is 0.241 e. The molecule has 0 aromatic heterocycles. The number of benzene rings is 1. The minimum Gasteiger partial charge on any atom is -0.384 e. The molecule has 3 N–H and O–H groups in total. The summed E-state index contributed by atoms with van der Waals surface area (Å²) in [5.74, 6) is 4.85. The molecule has 0 unspecified atom stereocenters. The van der Waals surface area contributed by atoms with Crippen LogP contribution in [0.25, 0.3) is 0 Å². The molecule has 0 aliphatic heterocycles. The van der Waals surface area contributed by atoms with Crippen LogP contribution in [0.1, 0.15) is 18.1 Å². The summed E-state index contributed by atoms with van der Waals surface area (Å²) in [5, 5.41) is 11.2. The number of carbonyl (C=O) groups is 1. The summed E-state index contributed by atoms with van der Waals surface area (Å²) in [6, 6.07) is 4.79. The molecule has 0 fully saturated rings. The van der Waals surface area contributed by atoms with Gasteiger partial charge in [-0.15, -0.1) is 0 Å². The van der Waals surface area contributed by atoms with Crippen molar-refractivity contribution in [1.29, 1.82) is 0 Å². The van der Waals surface area contributed by atoms with E-state index in [2.05, 4.69) is 21.9 Å². The van der Waals surface area contributed by atoms with Crippen LogP contribution in [-0.2, 0) is 14.8 Å². The molecule has 1 aromatic rings. The molecule has 0 spiro atoms. The van der Waals surface area contributed by atoms with E-state index in [-0.39, 0.29) is 30.5 Å². The number of hydrogen-bond acceptors (Lipinski definition) is 4. The van der Waals surface area contributed by atoms with Crippen molar-refractivity contribution < 1.29 is 18.3 Å². The zero-order valence-electron chi connectivity index (χ0n) is 11.9. The van der Waals surface area contributed by atoms with Crippen LogP contribution in [0.15, 0.2) is 23.1 Å².